The van der Waals surface area contributed by atoms with Crippen molar-refractivity contribution in [3.8, 4) is 11.3 Å². The normalized spacial score (nSPS) is 10.8. The SMILES string of the molecule is Nc1c(-c2ccncc2)nc2cnccn12. The molecule has 0 aromatic carbocycles. The predicted octanol–water partition coefficient (Wildman–Crippen LogP) is 1.37. The van der Waals surface area contributed by atoms with Crippen molar-refractivity contribution in [1.82, 2.24) is 19.4 Å². The maximum atomic E-state index is 6.02. The number of fused-ring (bicyclic) bond motifs is 1. The van der Waals surface area contributed by atoms with Crippen molar-refractivity contribution in [1.29, 1.82) is 0 Å². The molecule has 16 heavy (non-hydrogen) atoms. The van der Waals surface area contributed by atoms with Gasteiger partial charge in [0.05, 0.1) is 6.20 Å². The summed E-state index contributed by atoms with van der Waals surface area (Å²) in [5, 5.41) is 0. The van der Waals surface area contributed by atoms with Crippen LogP contribution in [0.4, 0.5) is 5.82 Å². The smallest absolute Gasteiger partial charge is 0.157 e. The standard InChI is InChI=1S/C11H9N5/c12-11-10(8-1-3-13-4-2-8)15-9-7-14-5-6-16(9)11/h1-7H,12H2. The summed E-state index contributed by atoms with van der Waals surface area (Å²) in [5.74, 6) is 0.614. The lowest BCUT2D eigenvalue weighted by Gasteiger charge is -1.97. The molecule has 0 aliphatic rings. The fourth-order valence-corrected chi connectivity index (χ4v) is 1.65. The molecule has 5 nitrogen and oxygen atoms in total. The van der Waals surface area contributed by atoms with Crippen LogP contribution in [0.1, 0.15) is 0 Å². The Balaban J connectivity index is 2.29. The minimum Gasteiger partial charge on any atom is -0.383 e. The van der Waals surface area contributed by atoms with Crippen molar-refractivity contribution in [2.75, 3.05) is 5.73 Å². The number of rotatable bonds is 1. The molecule has 2 N–H and O–H groups in total. The molecule has 5 heteroatoms. The van der Waals surface area contributed by atoms with Gasteiger partial charge in [0, 0.05) is 30.4 Å². The topological polar surface area (TPSA) is 69.1 Å². The zero-order valence-electron chi connectivity index (χ0n) is 8.41. The van der Waals surface area contributed by atoms with Gasteiger partial charge in [0.2, 0.25) is 0 Å². The average molecular weight is 211 g/mol. The van der Waals surface area contributed by atoms with Gasteiger partial charge in [0.25, 0.3) is 0 Å². The third-order valence-corrected chi connectivity index (χ3v) is 2.42. The van der Waals surface area contributed by atoms with Crippen LogP contribution < -0.4 is 5.73 Å². The number of imidazole rings is 1. The van der Waals surface area contributed by atoms with E-state index in [1.165, 1.54) is 0 Å². The van der Waals surface area contributed by atoms with Gasteiger partial charge in [0.15, 0.2) is 5.65 Å². The number of nitrogens with two attached hydrogens (primary N) is 1. The third kappa shape index (κ3) is 1.22. The molecule has 3 heterocycles. The summed E-state index contributed by atoms with van der Waals surface area (Å²) in [5.41, 5.74) is 8.48. The fourth-order valence-electron chi connectivity index (χ4n) is 1.65. The zero-order valence-corrected chi connectivity index (χ0v) is 8.41. The van der Waals surface area contributed by atoms with Gasteiger partial charge in [-0.2, -0.15) is 0 Å². The van der Waals surface area contributed by atoms with Crippen molar-refractivity contribution in [2.24, 2.45) is 0 Å². The molecule has 0 aliphatic heterocycles. The Morgan fingerprint density at radius 3 is 2.62 bits per heavy atom. The van der Waals surface area contributed by atoms with Gasteiger partial charge in [-0.3, -0.25) is 14.4 Å². The number of anilines is 1. The molecule has 0 aliphatic carbocycles. The molecule has 0 amide bonds. The molecule has 3 aromatic rings. The van der Waals surface area contributed by atoms with Gasteiger partial charge in [-0.15, -0.1) is 0 Å². The minimum absolute atomic E-state index is 0.614. The second-order valence-corrected chi connectivity index (χ2v) is 3.39. The Morgan fingerprint density at radius 2 is 1.88 bits per heavy atom. The maximum absolute atomic E-state index is 6.02. The van der Waals surface area contributed by atoms with Crippen LogP contribution in [0, 0.1) is 0 Å². The first-order valence-electron chi connectivity index (χ1n) is 4.84. The van der Waals surface area contributed by atoms with Gasteiger partial charge in [-0.05, 0) is 12.1 Å². The van der Waals surface area contributed by atoms with Crippen LogP contribution in [0.15, 0.2) is 43.1 Å². The largest absolute Gasteiger partial charge is 0.383 e. The number of hydrogen-bond donors (Lipinski definition) is 1. The Bertz CT molecular complexity index is 629. The summed E-state index contributed by atoms with van der Waals surface area (Å²) in [4.78, 5) is 12.4. The lowest BCUT2D eigenvalue weighted by atomic mass is 10.2. The maximum Gasteiger partial charge on any atom is 0.157 e. The zero-order chi connectivity index (χ0) is 11.0. The van der Waals surface area contributed by atoms with Crippen molar-refractivity contribution < 1.29 is 0 Å². The second-order valence-electron chi connectivity index (χ2n) is 3.39. The lowest BCUT2D eigenvalue weighted by molar-refractivity contribution is 1.13. The number of nitrogen functional groups attached to an aromatic ring is 1. The first kappa shape index (κ1) is 8.84. The van der Waals surface area contributed by atoms with E-state index in [2.05, 4.69) is 15.0 Å². The molecule has 0 unspecified atom stereocenters. The average Bonchev–Trinajstić information content (AvgIpc) is 2.69. The highest BCUT2D eigenvalue weighted by atomic mass is 15.1. The third-order valence-electron chi connectivity index (χ3n) is 2.42. The highest BCUT2D eigenvalue weighted by molar-refractivity contribution is 5.74. The summed E-state index contributed by atoms with van der Waals surface area (Å²) in [6, 6.07) is 3.76. The number of pyridine rings is 1. The van der Waals surface area contributed by atoms with E-state index in [0.717, 1.165) is 16.9 Å². The first-order chi connectivity index (χ1) is 7.86. The molecule has 3 aromatic heterocycles. The van der Waals surface area contributed by atoms with Crippen LogP contribution in [0.3, 0.4) is 0 Å². The van der Waals surface area contributed by atoms with Gasteiger partial charge in [-0.1, -0.05) is 0 Å². The fraction of sp³-hybridized carbons (Fsp3) is 0. The molecule has 0 bridgehead atoms. The summed E-state index contributed by atoms with van der Waals surface area (Å²) in [7, 11) is 0. The highest BCUT2D eigenvalue weighted by Gasteiger charge is 2.10. The summed E-state index contributed by atoms with van der Waals surface area (Å²) in [6.07, 6.45) is 8.60. The van der Waals surface area contributed by atoms with Gasteiger partial charge in [0.1, 0.15) is 11.5 Å². The second kappa shape index (κ2) is 3.30. The molecule has 78 valence electrons. The Labute approximate surface area is 91.6 Å². The van der Waals surface area contributed by atoms with Crippen molar-refractivity contribution in [2.45, 2.75) is 0 Å². The number of aromatic nitrogens is 4. The van der Waals surface area contributed by atoms with Crippen LogP contribution in [0.5, 0.6) is 0 Å². The quantitative estimate of drug-likeness (QED) is 0.660. The highest BCUT2D eigenvalue weighted by Crippen LogP contribution is 2.24. The molecule has 0 fully saturated rings. The Hall–Kier alpha value is -2.43. The van der Waals surface area contributed by atoms with Crippen LogP contribution >= 0.6 is 0 Å². The summed E-state index contributed by atoms with van der Waals surface area (Å²) in [6.45, 7) is 0. The molecule has 0 saturated heterocycles. The van der Waals surface area contributed by atoms with Gasteiger partial charge in [-0.25, -0.2) is 4.98 Å². The molecular weight excluding hydrogens is 202 g/mol. The van der Waals surface area contributed by atoms with E-state index in [-0.39, 0.29) is 0 Å². The van der Waals surface area contributed by atoms with E-state index >= 15 is 0 Å². The van der Waals surface area contributed by atoms with Crippen LogP contribution in [0.2, 0.25) is 0 Å². The van der Waals surface area contributed by atoms with E-state index in [1.807, 2.05) is 16.5 Å². The van der Waals surface area contributed by atoms with Crippen LogP contribution in [-0.2, 0) is 0 Å². The monoisotopic (exact) mass is 211 g/mol. The molecule has 0 spiro atoms. The molecular formula is C11H9N5. The Kier molecular flexibility index (Phi) is 1.83. The van der Waals surface area contributed by atoms with E-state index in [0.29, 0.717) is 5.82 Å². The van der Waals surface area contributed by atoms with E-state index in [9.17, 15) is 0 Å². The molecule has 0 radical (unpaired) electrons. The van der Waals surface area contributed by atoms with E-state index in [4.69, 9.17) is 5.73 Å². The Morgan fingerprint density at radius 1 is 1.06 bits per heavy atom. The van der Waals surface area contributed by atoms with Crippen molar-refractivity contribution >= 4 is 11.5 Å². The number of hydrogen-bond acceptors (Lipinski definition) is 4. The van der Waals surface area contributed by atoms with E-state index in [1.54, 1.807) is 31.0 Å². The summed E-state index contributed by atoms with van der Waals surface area (Å²) >= 11 is 0. The van der Waals surface area contributed by atoms with Gasteiger partial charge < -0.3 is 5.73 Å². The van der Waals surface area contributed by atoms with Gasteiger partial charge >= 0.3 is 0 Å². The molecule has 0 saturated carbocycles. The number of nitrogens with zero attached hydrogens (tertiary/aromatic N) is 4. The minimum atomic E-state index is 0.614. The van der Waals surface area contributed by atoms with Crippen LogP contribution in [0.25, 0.3) is 16.9 Å². The molecule has 3 rings (SSSR count). The summed E-state index contributed by atoms with van der Waals surface area (Å²) < 4.78 is 1.81. The van der Waals surface area contributed by atoms with Crippen molar-refractivity contribution in [3.63, 3.8) is 0 Å². The predicted molar refractivity (Wildman–Crippen MR) is 60.6 cm³/mol. The first-order valence-corrected chi connectivity index (χ1v) is 4.84. The molecule has 0 atom stereocenters. The van der Waals surface area contributed by atoms with Crippen LogP contribution in [-0.4, -0.2) is 19.4 Å². The van der Waals surface area contributed by atoms with Crippen molar-refractivity contribution in [3.05, 3.63) is 43.1 Å². The lowest BCUT2D eigenvalue weighted by Crippen LogP contribution is -1.93. The van der Waals surface area contributed by atoms with E-state index < -0.39 is 0 Å².